The lowest BCUT2D eigenvalue weighted by Crippen LogP contribution is -2.06. The Labute approximate surface area is 125 Å². The van der Waals surface area contributed by atoms with Crippen LogP contribution >= 0.6 is 0 Å². The molecule has 21 heavy (non-hydrogen) atoms. The van der Waals surface area contributed by atoms with Crippen molar-refractivity contribution in [2.24, 2.45) is 7.05 Å². The van der Waals surface area contributed by atoms with E-state index in [1.807, 2.05) is 25.2 Å². The van der Waals surface area contributed by atoms with Gasteiger partial charge in [-0.25, -0.2) is 0 Å². The van der Waals surface area contributed by atoms with E-state index >= 15 is 0 Å². The first-order valence-electron chi connectivity index (χ1n) is 7.67. The number of ether oxygens (including phenoxy) is 1. The lowest BCUT2D eigenvalue weighted by Gasteiger charge is -2.21. The minimum Gasteiger partial charge on any atom is -0.497 e. The Morgan fingerprint density at radius 2 is 2.00 bits per heavy atom. The number of aromatic nitrogens is 2. The molecule has 0 aliphatic heterocycles. The van der Waals surface area contributed by atoms with Crippen LogP contribution in [-0.4, -0.2) is 16.9 Å². The summed E-state index contributed by atoms with van der Waals surface area (Å²) in [6.07, 6.45) is 6.35. The molecule has 2 N–H and O–H groups in total. The highest BCUT2D eigenvalue weighted by atomic mass is 16.5. The quantitative estimate of drug-likeness (QED) is 0.935. The summed E-state index contributed by atoms with van der Waals surface area (Å²) in [5.41, 5.74) is 9.63. The Hall–Kier alpha value is -1.97. The molecule has 0 amide bonds. The average Bonchev–Trinajstić information content (AvgIpc) is 2.84. The number of anilines is 1. The molecule has 1 saturated carbocycles. The molecule has 1 aliphatic carbocycles. The van der Waals surface area contributed by atoms with Gasteiger partial charge in [0.15, 0.2) is 0 Å². The molecule has 0 atom stereocenters. The third-order valence-corrected chi connectivity index (χ3v) is 4.47. The standard InChI is InChI=1S/C17H23N3O/c1-20-17(18)15(13-9-6-10-14(11-13)21-2)16(19-20)12-7-4-3-5-8-12/h6,9-12H,3-5,7-8,18H2,1-2H3. The predicted octanol–water partition coefficient (Wildman–Crippen LogP) is 3.73. The van der Waals surface area contributed by atoms with Crippen LogP contribution in [-0.2, 0) is 7.05 Å². The van der Waals surface area contributed by atoms with E-state index in [9.17, 15) is 0 Å². The molecule has 4 heteroatoms. The molecule has 1 aromatic heterocycles. The van der Waals surface area contributed by atoms with Crippen LogP contribution < -0.4 is 10.5 Å². The number of benzene rings is 1. The van der Waals surface area contributed by atoms with E-state index in [0.717, 1.165) is 28.4 Å². The summed E-state index contributed by atoms with van der Waals surface area (Å²) in [7, 11) is 3.61. The van der Waals surface area contributed by atoms with Gasteiger partial charge >= 0.3 is 0 Å². The van der Waals surface area contributed by atoms with Gasteiger partial charge in [0.05, 0.1) is 12.8 Å². The Morgan fingerprint density at radius 3 is 2.71 bits per heavy atom. The second-order valence-electron chi connectivity index (χ2n) is 5.84. The van der Waals surface area contributed by atoms with Crippen molar-refractivity contribution in [3.8, 4) is 16.9 Å². The number of aryl methyl sites for hydroxylation is 1. The first-order chi connectivity index (χ1) is 10.2. The minimum atomic E-state index is 0.531. The highest BCUT2D eigenvalue weighted by Crippen LogP contribution is 2.40. The zero-order valence-corrected chi connectivity index (χ0v) is 12.8. The van der Waals surface area contributed by atoms with Gasteiger partial charge in [-0.2, -0.15) is 5.10 Å². The normalized spacial score (nSPS) is 16.1. The second kappa shape index (κ2) is 5.80. The molecule has 3 rings (SSSR count). The monoisotopic (exact) mass is 285 g/mol. The van der Waals surface area contributed by atoms with Gasteiger partial charge in [0.2, 0.25) is 0 Å². The third kappa shape index (κ3) is 2.62. The van der Waals surface area contributed by atoms with Gasteiger partial charge < -0.3 is 10.5 Å². The van der Waals surface area contributed by atoms with Crippen molar-refractivity contribution in [2.75, 3.05) is 12.8 Å². The van der Waals surface area contributed by atoms with Crippen LogP contribution in [0.25, 0.3) is 11.1 Å². The fourth-order valence-corrected chi connectivity index (χ4v) is 3.29. The van der Waals surface area contributed by atoms with Crippen LogP contribution in [0.3, 0.4) is 0 Å². The Morgan fingerprint density at radius 1 is 1.24 bits per heavy atom. The second-order valence-corrected chi connectivity index (χ2v) is 5.84. The largest absolute Gasteiger partial charge is 0.497 e. The SMILES string of the molecule is COc1cccc(-c2c(C3CCCCC3)nn(C)c2N)c1. The first kappa shape index (κ1) is 14.0. The number of nitrogen functional groups attached to an aromatic ring is 1. The van der Waals surface area contributed by atoms with Crippen molar-refractivity contribution in [3.05, 3.63) is 30.0 Å². The molecule has 4 nitrogen and oxygen atoms in total. The van der Waals surface area contributed by atoms with E-state index in [0.29, 0.717) is 5.92 Å². The van der Waals surface area contributed by atoms with Crippen molar-refractivity contribution in [1.82, 2.24) is 9.78 Å². The molecule has 1 fully saturated rings. The first-order valence-corrected chi connectivity index (χ1v) is 7.67. The smallest absolute Gasteiger partial charge is 0.129 e. The summed E-state index contributed by atoms with van der Waals surface area (Å²) < 4.78 is 7.14. The van der Waals surface area contributed by atoms with Crippen LogP contribution in [0.15, 0.2) is 24.3 Å². The lowest BCUT2D eigenvalue weighted by molar-refractivity contribution is 0.415. The van der Waals surface area contributed by atoms with Gasteiger partial charge in [-0.05, 0) is 30.5 Å². The summed E-state index contributed by atoms with van der Waals surface area (Å²) in [6, 6.07) is 8.09. The van der Waals surface area contributed by atoms with E-state index in [4.69, 9.17) is 15.6 Å². The number of methoxy groups -OCH3 is 1. The third-order valence-electron chi connectivity index (χ3n) is 4.47. The fourth-order valence-electron chi connectivity index (χ4n) is 3.29. The molecular weight excluding hydrogens is 262 g/mol. The molecule has 2 aromatic rings. The van der Waals surface area contributed by atoms with E-state index in [1.165, 1.54) is 32.1 Å². The van der Waals surface area contributed by atoms with E-state index in [2.05, 4.69) is 6.07 Å². The summed E-state index contributed by atoms with van der Waals surface area (Å²) in [6.45, 7) is 0. The highest BCUT2D eigenvalue weighted by Gasteiger charge is 2.25. The van der Waals surface area contributed by atoms with Crippen molar-refractivity contribution in [3.63, 3.8) is 0 Å². The van der Waals surface area contributed by atoms with E-state index in [-0.39, 0.29) is 0 Å². The molecule has 0 bridgehead atoms. The van der Waals surface area contributed by atoms with Crippen molar-refractivity contribution < 1.29 is 4.74 Å². The van der Waals surface area contributed by atoms with Gasteiger partial charge in [0, 0.05) is 18.5 Å². The van der Waals surface area contributed by atoms with Gasteiger partial charge in [0.1, 0.15) is 11.6 Å². The predicted molar refractivity (Wildman–Crippen MR) is 85.4 cm³/mol. The van der Waals surface area contributed by atoms with E-state index in [1.54, 1.807) is 11.8 Å². The molecule has 0 saturated heterocycles. The summed E-state index contributed by atoms with van der Waals surface area (Å²) in [5, 5.41) is 4.72. The molecular formula is C17H23N3O. The summed E-state index contributed by atoms with van der Waals surface area (Å²) >= 11 is 0. The molecule has 112 valence electrons. The minimum absolute atomic E-state index is 0.531. The van der Waals surface area contributed by atoms with E-state index < -0.39 is 0 Å². The van der Waals surface area contributed by atoms with Crippen molar-refractivity contribution in [1.29, 1.82) is 0 Å². The number of nitrogens with two attached hydrogens (primary N) is 1. The zero-order valence-electron chi connectivity index (χ0n) is 12.8. The van der Waals surface area contributed by atoms with Crippen molar-refractivity contribution >= 4 is 5.82 Å². The maximum atomic E-state index is 6.29. The highest BCUT2D eigenvalue weighted by molar-refractivity contribution is 5.78. The summed E-state index contributed by atoms with van der Waals surface area (Å²) in [5.74, 6) is 2.12. The van der Waals surface area contributed by atoms with Crippen LogP contribution in [0.4, 0.5) is 5.82 Å². The van der Waals surface area contributed by atoms with Gasteiger partial charge in [-0.3, -0.25) is 4.68 Å². The number of nitrogens with zero attached hydrogens (tertiary/aromatic N) is 2. The topological polar surface area (TPSA) is 53.1 Å². The zero-order chi connectivity index (χ0) is 14.8. The van der Waals surface area contributed by atoms with Crippen LogP contribution in [0.1, 0.15) is 43.7 Å². The van der Waals surface area contributed by atoms with Gasteiger partial charge in [-0.1, -0.05) is 31.4 Å². The number of rotatable bonds is 3. The summed E-state index contributed by atoms with van der Waals surface area (Å²) in [4.78, 5) is 0. The molecule has 1 aromatic carbocycles. The Kier molecular flexibility index (Phi) is 3.86. The van der Waals surface area contributed by atoms with Crippen molar-refractivity contribution in [2.45, 2.75) is 38.0 Å². The molecule has 1 aliphatic rings. The number of hydrogen-bond donors (Lipinski definition) is 1. The molecule has 1 heterocycles. The van der Waals surface area contributed by atoms with Gasteiger partial charge in [0.25, 0.3) is 0 Å². The lowest BCUT2D eigenvalue weighted by atomic mass is 9.84. The molecule has 0 unspecified atom stereocenters. The number of hydrogen-bond acceptors (Lipinski definition) is 3. The van der Waals surface area contributed by atoms with Crippen LogP contribution in [0, 0.1) is 0 Å². The van der Waals surface area contributed by atoms with Crippen LogP contribution in [0.2, 0.25) is 0 Å². The van der Waals surface area contributed by atoms with Gasteiger partial charge in [-0.15, -0.1) is 0 Å². The molecule has 0 spiro atoms. The Bertz CT molecular complexity index is 627. The van der Waals surface area contributed by atoms with Crippen LogP contribution in [0.5, 0.6) is 5.75 Å². The maximum Gasteiger partial charge on any atom is 0.129 e. The Balaban J connectivity index is 2.07. The maximum absolute atomic E-state index is 6.29. The fraction of sp³-hybridized carbons (Fsp3) is 0.471. The molecule has 0 radical (unpaired) electrons. The average molecular weight is 285 g/mol.